The topological polar surface area (TPSA) is 93.7 Å². The number of hydrazine groups is 1. The van der Waals surface area contributed by atoms with Crippen LogP contribution in [0.15, 0.2) is 53.0 Å². The van der Waals surface area contributed by atoms with Gasteiger partial charge in [-0.2, -0.15) is 0 Å². The average molecular weight is 477 g/mol. The van der Waals surface area contributed by atoms with Gasteiger partial charge in [-0.1, -0.05) is 46.3 Å². The van der Waals surface area contributed by atoms with E-state index in [0.29, 0.717) is 12.4 Å². The number of nitrogens with one attached hydrogen (secondary N) is 2. The number of hydrogen-bond donors (Lipinski definition) is 2. The van der Waals surface area contributed by atoms with E-state index in [1.807, 2.05) is 43.3 Å². The monoisotopic (exact) mass is 476 g/mol. The summed E-state index contributed by atoms with van der Waals surface area (Å²) in [6.07, 6.45) is 1.41. The Kier molecular flexibility index (Phi) is 9.86. The van der Waals surface area contributed by atoms with Crippen LogP contribution in [0.3, 0.4) is 0 Å². The van der Waals surface area contributed by atoms with Gasteiger partial charge < -0.3 is 9.47 Å². The summed E-state index contributed by atoms with van der Waals surface area (Å²) in [5.41, 5.74) is 6.66. The van der Waals surface area contributed by atoms with Crippen molar-refractivity contribution in [3.05, 3.63) is 64.1 Å². The number of esters is 1. The first-order valence-corrected chi connectivity index (χ1v) is 10.4. The summed E-state index contributed by atoms with van der Waals surface area (Å²) in [6.45, 7) is 1.97. The molecule has 0 saturated heterocycles. The Labute approximate surface area is 184 Å². The van der Waals surface area contributed by atoms with E-state index in [9.17, 15) is 14.4 Å². The summed E-state index contributed by atoms with van der Waals surface area (Å²) in [5.74, 6) is -0.887. The van der Waals surface area contributed by atoms with Gasteiger partial charge in [0.1, 0.15) is 5.75 Å². The Morgan fingerprint density at radius 2 is 1.70 bits per heavy atom. The van der Waals surface area contributed by atoms with Gasteiger partial charge in [0.05, 0.1) is 13.0 Å². The smallest absolute Gasteiger partial charge is 0.306 e. The Morgan fingerprint density at radius 3 is 2.43 bits per heavy atom. The molecule has 0 fully saturated rings. The highest BCUT2D eigenvalue weighted by molar-refractivity contribution is 9.10. The van der Waals surface area contributed by atoms with Crippen LogP contribution in [0.4, 0.5) is 0 Å². The minimum atomic E-state index is -0.507. The summed E-state index contributed by atoms with van der Waals surface area (Å²) in [5, 5.41) is 0. The molecule has 30 heavy (non-hydrogen) atoms. The lowest BCUT2D eigenvalue weighted by Gasteiger charge is -2.10. The third-order valence-corrected chi connectivity index (χ3v) is 5.00. The van der Waals surface area contributed by atoms with Crippen LogP contribution in [-0.2, 0) is 25.5 Å². The normalized spacial score (nSPS) is 10.2. The van der Waals surface area contributed by atoms with Crippen molar-refractivity contribution in [2.45, 2.75) is 32.6 Å². The molecule has 2 amide bonds. The summed E-state index contributed by atoms with van der Waals surface area (Å²) in [6, 6.07) is 15.3. The average Bonchev–Trinajstić information content (AvgIpc) is 2.75. The van der Waals surface area contributed by atoms with Crippen LogP contribution in [0.2, 0.25) is 0 Å². The van der Waals surface area contributed by atoms with Gasteiger partial charge in [0, 0.05) is 10.9 Å². The Morgan fingerprint density at radius 1 is 0.967 bits per heavy atom. The van der Waals surface area contributed by atoms with Gasteiger partial charge in [0.15, 0.2) is 6.61 Å². The van der Waals surface area contributed by atoms with Crippen LogP contribution in [0.25, 0.3) is 0 Å². The quantitative estimate of drug-likeness (QED) is 0.311. The van der Waals surface area contributed by atoms with Crippen LogP contribution < -0.4 is 15.6 Å². The van der Waals surface area contributed by atoms with Crippen LogP contribution in [0.5, 0.6) is 5.75 Å². The van der Waals surface area contributed by atoms with Gasteiger partial charge >= 0.3 is 5.97 Å². The van der Waals surface area contributed by atoms with Gasteiger partial charge in [0.25, 0.3) is 5.91 Å². The molecule has 0 saturated carbocycles. The molecule has 0 heterocycles. The first-order chi connectivity index (χ1) is 14.4. The number of halogens is 1. The predicted molar refractivity (Wildman–Crippen MR) is 116 cm³/mol. The van der Waals surface area contributed by atoms with E-state index in [2.05, 4.69) is 26.8 Å². The Hall–Kier alpha value is -2.87. The van der Waals surface area contributed by atoms with E-state index in [1.54, 1.807) is 12.1 Å². The molecule has 0 aromatic heterocycles. The molecule has 2 rings (SSSR count). The number of carbonyl (C=O) groups is 3. The van der Waals surface area contributed by atoms with Crippen LogP contribution >= 0.6 is 15.9 Å². The van der Waals surface area contributed by atoms with Gasteiger partial charge in [0.2, 0.25) is 5.91 Å². The molecule has 0 bridgehead atoms. The maximum absolute atomic E-state index is 11.8. The number of amides is 2. The number of carbonyl (C=O) groups excluding carboxylic acids is 3. The maximum Gasteiger partial charge on any atom is 0.306 e. The van der Waals surface area contributed by atoms with Crippen LogP contribution in [0.1, 0.15) is 30.4 Å². The van der Waals surface area contributed by atoms with Gasteiger partial charge in [-0.05, 0) is 49.1 Å². The fourth-order valence-corrected chi connectivity index (χ4v) is 2.74. The molecular weight excluding hydrogens is 452 g/mol. The first-order valence-electron chi connectivity index (χ1n) is 9.60. The number of rotatable bonds is 10. The molecule has 160 valence electrons. The van der Waals surface area contributed by atoms with Crippen molar-refractivity contribution < 1.29 is 23.9 Å². The largest absolute Gasteiger partial charge is 0.484 e. The molecule has 2 aromatic carbocycles. The standard InChI is InChI=1S/C22H25BrN2O5/c1-16-14-18(9-10-19(16)23)30-15-21(27)25-24-20(26)11-12-22(28)29-13-5-8-17-6-3-2-4-7-17/h2-4,6-7,9-10,14H,5,8,11-13,15H2,1H3,(H,24,26)(H,25,27). The van der Waals surface area contributed by atoms with Gasteiger partial charge in [-0.3, -0.25) is 25.2 Å². The van der Waals surface area contributed by atoms with Crippen molar-refractivity contribution in [1.82, 2.24) is 10.9 Å². The highest BCUT2D eigenvalue weighted by Crippen LogP contribution is 2.21. The molecule has 2 N–H and O–H groups in total. The third-order valence-electron chi connectivity index (χ3n) is 4.11. The van der Waals surface area contributed by atoms with Gasteiger partial charge in [-0.15, -0.1) is 0 Å². The fraction of sp³-hybridized carbons (Fsp3) is 0.318. The first kappa shape index (κ1) is 23.4. The lowest BCUT2D eigenvalue weighted by Crippen LogP contribution is -2.43. The molecule has 0 aliphatic rings. The number of benzene rings is 2. The van der Waals surface area contributed by atoms with E-state index in [1.165, 1.54) is 5.56 Å². The Balaban J connectivity index is 1.53. The fourth-order valence-electron chi connectivity index (χ4n) is 2.49. The van der Waals surface area contributed by atoms with Crippen LogP contribution in [-0.4, -0.2) is 31.0 Å². The van der Waals surface area contributed by atoms with E-state index >= 15 is 0 Å². The van der Waals surface area contributed by atoms with Crippen molar-refractivity contribution in [3.63, 3.8) is 0 Å². The maximum atomic E-state index is 11.8. The molecule has 0 spiro atoms. The zero-order valence-electron chi connectivity index (χ0n) is 16.8. The SMILES string of the molecule is Cc1cc(OCC(=O)NNC(=O)CCC(=O)OCCCc2ccccc2)ccc1Br. The Bertz CT molecular complexity index is 858. The summed E-state index contributed by atoms with van der Waals surface area (Å²) < 4.78 is 11.4. The van der Waals surface area contributed by atoms with Crippen molar-refractivity contribution in [1.29, 1.82) is 0 Å². The lowest BCUT2D eigenvalue weighted by atomic mass is 10.1. The van der Waals surface area contributed by atoms with Crippen molar-refractivity contribution >= 4 is 33.7 Å². The van der Waals surface area contributed by atoms with E-state index in [-0.39, 0.29) is 19.4 Å². The molecular formula is C22H25BrN2O5. The molecule has 8 heteroatoms. The van der Waals surface area contributed by atoms with Crippen molar-refractivity contribution in [2.24, 2.45) is 0 Å². The minimum absolute atomic E-state index is 0.0539. The highest BCUT2D eigenvalue weighted by Gasteiger charge is 2.10. The van der Waals surface area contributed by atoms with Crippen molar-refractivity contribution in [3.8, 4) is 5.75 Å². The second-order valence-electron chi connectivity index (χ2n) is 6.61. The highest BCUT2D eigenvalue weighted by atomic mass is 79.9. The molecule has 0 aliphatic carbocycles. The number of aryl methyl sites for hydroxylation is 2. The molecule has 0 atom stereocenters. The minimum Gasteiger partial charge on any atom is -0.484 e. The number of hydrogen-bond acceptors (Lipinski definition) is 5. The number of ether oxygens (including phenoxy) is 2. The van der Waals surface area contributed by atoms with Gasteiger partial charge in [-0.25, -0.2) is 0 Å². The second kappa shape index (κ2) is 12.6. The van der Waals surface area contributed by atoms with Crippen molar-refractivity contribution in [2.75, 3.05) is 13.2 Å². The van der Waals surface area contributed by atoms with E-state index in [4.69, 9.17) is 9.47 Å². The third kappa shape index (κ3) is 9.09. The zero-order valence-corrected chi connectivity index (χ0v) is 18.4. The molecule has 0 unspecified atom stereocenters. The van der Waals surface area contributed by atoms with Crippen LogP contribution in [0, 0.1) is 6.92 Å². The predicted octanol–water partition coefficient (Wildman–Crippen LogP) is 3.24. The lowest BCUT2D eigenvalue weighted by molar-refractivity contribution is -0.145. The molecule has 7 nitrogen and oxygen atoms in total. The summed E-state index contributed by atoms with van der Waals surface area (Å²) in [4.78, 5) is 35.2. The summed E-state index contributed by atoms with van der Waals surface area (Å²) in [7, 11) is 0. The van der Waals surface area contributed by atoms with E-state index < -0.39 is 17.8 Å². The molecule has 2 aromatic rings. The second-order valence-corrected chi connectivity index (χ2v) is 7.46. The summed E-state index contributed by atoms with van der Waals surface area (Å²) >= 11 is 3.39. The molecule has 0 aliphatic heterocycles. The zero-order chi connectivity index (χ0) is 21.8. The molecule has 0 radical (unpaired) electrons. The van der Waals surface area contributed by atoms with E-state index in [0.717, 1.165) is 22.9 Å².